The summed E-state index contributed by atoms with van der Waals surface area (Å²) in [7, 11) is 0. The quantitative estimate of drug-likeness (QED) is 0.903. The van der Waals surface area contributed by atoms with Crippen LogP contribution in [0.1, 0.15) is 18.3 Å². The van der Waals surface area contributed by atoms with E-state index in [1.165, 1.54) is 0 Å². The second-order valence-corrected chi connectivity index (χ2v) is 5.99. The lowest BCUT2D eigenvalue weighted by Crippen LogP contribution is -2.48. The minimum absolute atomic E-state index is 0. The molecule has 2 aromatic rings. The highest BCUT2D eigenvalue weighted by Gasteiger charge is 2.29. The zero-order chi connectivity index (χ0) is 15.7. The maximum Gasteiger partial charge on any atom is 0.227 e. The van der Waals surface area contributed by atoms with Gasteiger partial charge in [-0.3, -0.25) is 4.79 Å². The number of anilines is 1. The van der Waals surface area contributed by atoms with Gasteiger partial charge in [-0.25, -0.2) is 4.68 Å². The molecule has 1 unspecified atom stereocenters. The minimum Gasteiger partial charge on any atom is -0.323 e. The number of nitrogens with one attached hydrogen (secondary N) is 2. The first-order valence-electron chi connectivity index (χ1n) is 7.71. The summed E-state index contributed by atoms with van der Waals surface area (Å²) in [5.41, 5.74) is 3.62. The molecule has 0 bridgehead atoms. The molecule has 2 N–H and O–H groups in total. The van der Waals surface area contributed by atoms with E-state index in [1.54, 1.807) is 0 Å². The summed E-state index contributed by atoms with van der Waals surface area (Å²) in [6, 6.07) is 9.96. The Morgan fingerprint density at radius 3 is 2.52 bits per heavy atom. The molecule has 0 spiro atoms. The molecule has 0 radical (unpaired) electrons. The number of rotatable bonds is 4. The summed E-state index contributed by atoms with van der Waals surface area (Å²) in [4.78, 5) is 12.4. The highest BCUT2D eigenvalue weighted by Crippen LogP contribution is 2.25. The number of hydrogen-bond acceptors (Lipinski definition) is 3. The third-order valence-corrected chi connectivity index (χ3v) is 4.47. The molecule has 1 atom stereocenters. The summed E-state index contributed by atoms with van der Waals surface area (Å²) in [5.74, 6) is 0.523. The highest BCUT2D eigenvalue weighted by molar-refractivity contribution is 5.93. The number of aryl methyl sites for hydroxylation is 1. The molecular formula is C17H23ClN4O. The Hall–Kier alpha value is -1.85. The molecule has 0 saturated carbocycles. The molecule has 0 aliphatic carbocycles. The zero-order valence-electron chi connectivity index (χ0n) is 13.7. The summed E-state index contributed by atoms with van der Waals surface area (Å²) in [6.07, 6.45) is 0. The smallest absolute Gasteiger partial charge is 0.227 e. The number of para-hydroxylation sites is 1. The maximum atomic E-state index is 12.4. The lowest BCUT2D eigenvalue weighted by Gasteiger charge is -2.31. The van der Waals surface area contributed by atoms with E-state index < -0.39 is 0 Å². The first-order valence-corrected chi connectivity index (χ1v) is 7.71. The van der Waals surface area contributed by atoms with Gasteiger partial charge in [0, 0.05) is 5.92 Å². The van der Waals surface area contributed by atoms with Crippen LogP contribution in [-0.2, 0) is 4.79 Å². The van der Waals surface area contributed by atoms with Crippen molar-refractivity contribution >= 4 is 24.0 Å². The molecule has 1 aliphatic rings. The van der Waals surface area contributed by atoms with Crippen molar-refractivity contribution in [2.24, 2.45) is 11.8 Å². The van der Waals surface area contributed by atoms with Gasteiger partial charge in [-0.05, 0) is 45.0 Å². The third kappa shape index (κ3) is 3.41. The number of halogens is 1. The van der Waals surface area contributed by atoms with Gasteiger partial charge in [-0.1, -0.05) is 25.1 Å². The number of carbonyl (C=O) groups is 1. The maximum absolute atomic E-state index is 12.4. The monoisotopic (exact) mass is 334 g/mol. The number of benzene rings is 1. The Bertz CT molecular complexity index is 679. The second kappa shape index (κ2) is 7.15. The predicted octanol–water partition coefficient (Wildman–Crippen LogP) is 2.70. The fourth-order valence-electron chi connectivity index (χ4n) is 2.76. The van der Waals surface area contributed by atoms with Crippen molar-refractivity contribution in [3.63, 3.8) is 0 Å². The first-order chi connectivity index (χ1) is 10.6. The topological polar surface area (TPSA) is 59.0 Å². The van der Waals surface area contributed by atoms with Gasteiger partial charge < -0.3 is 10.6 Å². The van der Waals surface area contributed by atoms with Crippen LogP contribution < -0.4 is 10.6 Å². The third-order valence-electron chi connectivity index (χ3n) is 4.47. The van der Waals surface area contributed by atoms with Gasteiger partial charge in [0.25, 0.3) is 0 Å². The Morgan fingerprint density at radius 2 is 1.96 bits per heavy atom. The van der Waals surface area contributed by atoms with Crippen LogP contribution >= 0.6 is 12.4 Å². The molecule has 3 rings (SSSR count). The van der Waals surface area contributed by atoms with Crippen molar-refractivity contribution < 1.29 is 4.79 Å². The summed E-state index contributed by atoms with van der Waals surface area (Å²) in [6.45, 7) is 7.76. The van der Waals surface area contributed by atoms with Gasteiger partial charge in [0.15, 0.2) is 0 Å². The van der Waals surface area contributed by atoms with Gasteiger partial charge in [-0.15, -0.1) is 12.4 Å². The average Bonchev–Trinajstić information content (AvgIpc) is 2.74. The van der Waals surface area contributed by atoms with Gasteiger partial charge in [0.2, 0.25) is 5.91 Å². The molecule has 1 aromatic carbocycles. The molecule has 5 nitrogen and oxygen atoms in total. The Labute approximate surface area is 142 Å². The highest BCUT2D eigenvalue weighted by atomic mass is 35.5. The summed E-state index contributed by atoms with van der Waals surface area (Å²) < 4.78 is 1.88. The fourth-order valence-corrected chi connectivity index (χ4v) is 2.76. The van der Waals surface area contributed by atoms with Gasteiger partial charge in [0.05, 0.1) is 22.8 Å². The molecule has 124 valence electrons. The molecule has 1 aliphatic heterocycles. The van der Waals surface area contributed by atoms with Crippen molar-refractivity contribution in [2.45, 2.75) is 20.8 Å². The van der Waals surface area contributed by atoms with Crippen molar-refractivity contribution in [3.05, 3.63) is 41.7 Å². The van der Waals surface area contributed by atoms with E-state index in [-0.39, 0.29) is 24.2 Å². The number of aromatic nitrogens is 2. The second-order valence-electron chi connectivity index (χ2n) is 5.99. The van der Waals surface area contributed by atoms with Crippen LogP contribution in [0.4, 0.5) is 5.69 Å². The molecule has 1 amide bonds. The van der Waals surface area contributed by atoms with Crippen molar-refractivity contribution in [2.75, 3.05) is 18.4 Å². The van der Waals surface area contributed by atoms with E-state index in [2.05, 4.69) is 15.7 Å². The SMILES string of the molecule is Cc1nn(-c2ccccc2)c(C)c1NC(=O)C(C)C1CNC1.Cl. The van der Waals surface area contributed by atoms with Crippen LogP contribution in [0.15, 0.2) is 30.3 Å². The van der Waals surface area contributed by atoms with Crippen molar-refractivity contribution in [3.8, 4) is 5.69 Å². The van der Waals surface area contributed by atoms with Gasteiger partial charge in [-0.2, -0.15) is 5.10 Å². The van der Waals surface area contributed by atoms with Crippen LogP contribution in [0.5, 0.6) is 0 Å². The number of nitrogens with zero attached hydrogens (tertiary/aromatic N) is 2. The standard InChI is InChI=1S/C17H22N4O.ClH/c1-11(14-9-18-10-14)17(22)19-16-12(2)20-21(13(16)3)15-7-5-4-6-8-15;/h4-8,11,14,18H,9-10H2,1-3H3,(H,19,22);1H. The average molecular weight is 335 g/mol. The molecule has 1 aromatic heterocycles. The van der Waals surface area contributed by atoms with E-state index >= 15 is 0 Å². The first kappa shape index (κ1) is 17.5. The Morgan fingerprint density at radius 1 is 1.30 bits per heavy atom. The van der Waals surface area contributed by atoms with Crippen molar-refractivity contribution in [1.82, 2.24) is 15.1 Å². The Kier molecular flexibility index (Phi) is 5.44. The number of amides is 1. The lowest BCUT2D eigenvalue weighted by atomic mass is 9.88. The van der Waals surface area contributed by atoms with Crippen LogP contribution in [0.2, 0.25) is 0 Å². The van der Waals surface area contributed by atoms with E-state index in [0.29, 0.717) is 5.92 Å². The summed E-state index contributed by atoms with van der Waals surface area (Å²) >= 11 is 0. The van der Waals surface area contributed by atoms with Gasteiger partial charge in [0.1, 0.15) is 0 Å². The van der Waals surface area contributed by atoms with Crippen LogP contribution in [0.3, 0.4) is 0 Å². The van der Waals surface area contributed by atoms with Crippen LogP contribution in [0.25, 0.3) is 5.69 Å². The largest absolute Gasteiger partial charge is 0.323 e. The molecule has 23 heavy (non-hydrogen) atoms. The van der Waals surface area contributed by atoms with E-state index in [1.807, 2.05) is 55.8 Å². The molecule has 6 heteroatoms. The van der Waals surface area contributed by atoms with E-state index in [0.717, 1.165) is 35.9 Å². The van der Waals surface area contributed by atoms with Crippen LogP contribution in [-0.4, -0.2) is 28.8 Å². The van der Waals surface area contributed by atoms with Crippen LogP contribution in [0, 0.1) is 25.7 Å². The summed E-state index contributed by atoms with van der Waals surface area (Å²) in [5, 5.41) is 10.8. The predicted molar refractivity (Wildman–Crippen MR) is 94.4 cm³/mol. The lowest BCUT2D eigenvalue weighted by molar-refractivity contribution is -0.121. The van der Waals surface area contributed by atoms with E-state index in [9.17, 15) is 4.79 Å². The van der Waals surface area contributed by atoms with E-state index in [4.69, 9.17) is 0 Å². The molecular weight excluding hydrogens is 312 g/mol. The zero-order valence-corrected chi connectivity index (χ0v) is 14.5. The van der Waals surface area contributed by atoms with Crippen molar-refractivity contribution in [1.29, 1.82) is 0 Å². The minimum atomic E-state index is 0. The molecule has 2 heterocycles. The number of carbonyl (C=O) groups excluding carboxylic acids is 1. The van der Waals surface area contributed by atoms with Gasteiger partial charge >= 0.3 is 0 Å². The molecule has 1 saturated heterocycles. The fraction of sp³-hybridized carbons (Fsp3) is 0.412. The number of hydrogen-bond donors (Lipinski definition) is 2. The normalized spacial score (nSPS) is 15.4. The molecule has 1 fully saturated rings. The Balaban J connectivity index is 0.00000192.